The van der Waals surface area contributed by atoms with E-state index in [1.54, 1.807) is 18.4 Å². The third kappa shape index (κ3) is 3.06. The van der Waals surface area contributed by atoms with Crippen LogP contribution < -0.4 is 5.32 Å². The summed E-state index contributed by atoms with van der Waals surface area (Å²) < 4.78 is 5.34. The summed E-state index contributed by atoms with van der Waals surface area (Å²) in [5.74, 6) is 0. The molecule has 13 heavy (non-hydrogen) atoms. The van der Waals surface area contributed by atoms with Crippen molar-refractivity contribution in [1.82, 2.24) is 10.3 Å². The van der Waals surface area contributed by atoms with Crippen LogP contribution in [0.4, 0.5) is 0 Å². The van der Waals surface area contributed by atoms with Gasteiger partial charge in [0.2, 0.25) is 0 Å². The molecular formula is C9H16N2OS. The Labute approximate surface area is 83.1 Å². The molecule has 1 aromatic heterocycles. The van der Waals surface area contributed by atoms with Gasteiger partial charge in [0.25, 0.3) is 0 Å². The summed E-state index contributed by atoms with van der Waals surface area (Å²) in [5, 5.41) is 6.35. The number of nitrogens with zero attached hydrogens (tertiary/aromatic N) is 1. The van der Waals surface area contributed by atoms with Crippen molar-refractivity contribution in [1.29, 1.82) is 0 Å². The topological polar surface area (TPSA) is 34.1 Å². The first kappa shape index (κ1) is 10.6. The number of likely N-dealkylation sites (N-methyl/N-ethyl adjacent to an activating group) is 1. The average Bonchev–Trinajstić information content (AvgIpc) is 2.54. The molecule has 0 radical (unpaired) electrons. The highest BCUT2D eigenvalue weighted by atomic mass is 32.1. The molecule has 4 heteroatoms. The number of aryl methyl sites for hydroxylation is 1. The van der Waals surface area contributed by atoms with Crippen molar-refractivity contribution in [3.8, 4) is 0 Å². The van der Waals surface area contributed by atoms with E-state index in [1.165, 1.54) is 0 Å². The normalized spacial score (nSPS) is 13.2. The standard InChI is InChI=1S/C9H16N2OS/c1-4-10-5-8(12-3)9-11-7(2)6-13-9/h6,8,10H,4-5H2,1-3H3. The number of hydrogen-bond donors (Lipinski definition) is 1. The van der Waals surface area contributed by atoms with Gasteiger partial charge in [0, 0.05) is 24.7 Å². The van der Waals surface area contributed by atoms with Crippen molar-refractivity contribution in [2.24, 2.45) is 0 Å². The highest BCUT2D eigenvalue weighted by Gasteiger charge is 2.12. The molecule has 1 heterocycles. The third-order valence-electron chi connectivity index (χ3n) is 1.78. The average molecular weight is 200 g/mol. The van der Waals surface area contributed by atoms with Crippen molar-refractivity contribution in [3.63, 3.8) is 0 Å². The van der Waals surface area contributed by atoms with Crippen LogP contribution in [-0.2, 0) is 4.74 Å². The van der Waals surface area contributed by atoms with Crippen LogP contribution in [0.3, 0.4) is 0 Å². The van der Waals surface area contributed by atoms with Crippen LogP contribution in [0.2, 0.25) is 0 Å². The van der Waals surface area contributed by atoms with Gasteiger partial charge in [-0.1, -0.05) is 6.92 Å². The second-order valence-electron chi connectivity index (χ2n) is 2.86. The monoisotopic (exact) mass is 200 g/mol. The molecule has 1 N–H and O–H groups in total. The largest absolute Gasteiger partial charge is 0.373 e. The fourth-order valence-electron chi connectivity index (χ4n) is 1.07. The molecule has 1 aromatic rings. The van der Waals surface area contributed by atoms with Crippen molar-refractivity contribution in [3.05, 3.63) is 16.1 Å². The highest BCUT2D eigenvalue weighted by molar-refractivity contribution is 7.09. The molecule has 0 aliphatic carbocycles. The van der Waals surface area contributed by atoms with Gasteiger partial charge in [-0.25, -0.2) is 4.98 Å². The zero-order valence-electron chi connectivity index (χ0n) is 8.33. The lowest BCUT2D eigenvalue weighted by Crippen LogP contribution is -2.22. The second-order valence-corrected chi connectivity index (χ2v) is 3.75. The SMILES string of the molecule is CCNCC(OC)c1nc(C)cs1. The van der Waals surface area contributed by atoms with E-state index in [0.717, 1.165) is 23.8 Å². The fourth-order valence-corrected chi connectivity index (χ4v) is 1.94. The summed E-state index contributed by atoms with van der Waals surface area (Å²) >= 11 is 1.66. The van der Waals surface area contributed by atoms with Crippen molar-refractivity contribution in [2.75, 3.05) is 20.2 Å². The first-order valence-electron chi connectivity index (χ1n) is 4.43. The molecule has 0 bridgehead atoms. The van der Waals surface area contributed by atoms with E-state index in [4.69, 9.17) is 4.74 Å². The lowest BCUT2D eigenvalue weighted by molar-refractivity contribution is 0.102. The smallest absolute Gasteiger partial charge is 0.123 e. The summed E-state index contributed by atoms with van der Waals surface area (Å²) in [6, 6.07) is 0. The van der Waals surface area contributed by atoms with E-state index < -0.39 is 0 Å². The number of methoxy groups -OCH3 is 1. The Balaban J connectivity index is 2.56. The van der Waals surface area contributed by atoms with Crippen LogP contribution in [-0.4, -0.2) is 25.2 Å². The van der Waals surface area contributed by atoms with Gasteiger partial charge in [-0.15, -0.1) is 11.3 Å². The van der Waals surface area contributed by atoms with Gasteiger partial charge >= 0.3 is 0 Å². The Morgan fingerprint density at radius 2 is 2.46 bits per heavy atom. The van der Waals surface area contributed by atoms with Gasteiger partial charge in [-0.2, -0.15) is 0 Å². The molecule has 1 rings (SSSR count). The minimum Gasteiger partial charge on any atom is -0.373 e. The van der Waals surface area contributed by atoms with Crippen LogP contribution in [0.5, 0.6) is 0 Å². The van der Waals surface area contributed by atoms with Crippen LogP contribution >= 0.6 is 11.3 Å². The van der Waals surface area contributed by atoms with Gasteiger partial charge in [-0.3, -0.25) is 0 Å². The van der Waals surface area contributed by atoms with E-state index in [0.29, 0.717) is 0 Å². The van der Waals surface area contributed by atoms with Crippen molar-refractivity contribution < 1.29 is 4.74 Å². The summed E-state index contributed by atoms with van der Waals surface area (Å²) in [6.45, 7) is 5.88. The molecule has 3 nitrogen and oxygen atoms in total. The number of aromatic nitrogens is 1. The Hall–Kier alpha value is -0.450. The van der Waals surface area contributed by atoms with Crippen LogP contribution in [0.1, 0.15) is 23.7 Å². The van der Waals surface area contributed by atoms with Crippen molar-refractivity contribution >= 4 is 11.3 Å². The zero-order chi connectivity index (χ0) is 9.68. The zero-order valence-corrected chi connectivity index (χ0v) is 9.15. The maximum atomic E-state index is 5.34. The Morgan fingerprint density at radius 3 is 2.92 bits per heavy atom. The van der Waals surface area contributed by atoms with E-state index in [-0.39, 0.29) is 6.10 Å². The number of thiazole rings is 1. The maximum absolute atomic E-state index is 5.34. The molecule has 74 valence electrons. The Bertz CT molecular complexity index is 250. The number of nitrogens with one attached hydrogen (secondary N) is 1. The fraction of sp³-hybridized carbons (Fsp3) is 0.667. The quantitative estimate of drug-likeness (QED) is 0.786. The molecule has 0 aliphatic heterocycles. The lowest BCUT2D eigenvalue weighted by Gasteiger charge is -2.12. The minimum absolute atomic E-state index is 0.0960. The molecule has 1 unspecified atom stereocenters. The van der Waals surface area contributed by atoms with Crippen LogP contribution in [0.15, 0.2) is 5.38 Å². The minimum atomic E-state index is 0.0960. The number of hydrogen-bond acceptors (Lipinski definition) is 4. The second kappa shape index (κ2) is 5.32. The lowest BCUT2D eigenvalue weighted by atomic mass is 10.3. The summed E-state index contributed by atoms with van der Waals surface area (Å²) in [4.78, 5) is 4.39. The first-order chi connectivity index (χ1) is 6.27. The van der Waals surface area contributed by atoms with Crippen LogP contribution in [0.25, 0.3) is 0 Å². The summed E-state index contributed by atoms with van der Waals surface area (Å²) in [6.07, 6.45) is 0.0960. The van der Waals surface area contributed by atoms with E-state index in [2.05, 4.69) is 17.2 Å². The molecule has 0 saturated heterocycles. The van der Waals surface area contributed by atoms with Gasteiger partial charge in [0.05, 0.1) is 0 Å². The Kier molecular flexibility index (Phi) is 4.35. The third-order valence-corrected chi connectivity index (χ3v) is 2.83. The highest BCUT2D eigenvalue weighted by Crippen LogP contribution is 2.19. The summed E-state index contributed by atoms with van der Waals surface area (Å²) in [7, 11) is 1.72. The van der Waals surface area contributed by atoms with Gasteiger partial charge < -0.3 is 10.1 Å². The molecule has 0 aliphatic rings. The molecule has 0 aromatic carbocycles. The Morgan fingerprint density at radius 1 is 1.69 bits per heavy atom. The van der Waals surface area contributed by atoms with Gasteiger partial charge in [0.15, 0.2) is 0 Å². The molecule has 0 fully saturated rings. The summed E-state index contributed by atoms with van der Waals surface area (Å²) in [5.41, 5.74) is 1.07. The van der Waals surface area contributed by atoms with E-state index >= 15 is 0 Å². The first-order valence-corrected chi connectivity index (χ1v) is 5.31. The predicted molar refractivity (Wildman–Crippen MR) is 55.1 cm³/mol. The molecule has 0 saturated carbocycles. The van der Waals surface area contributed by atoms with Gasteiger partial charge in [-0.05, 0) is 13.5 Å². The van der Waals surface area contributed by atoms with E-state index in [1.807, 2.05) is 12.3 Å². The maximum Gasteiger partial charge on any atom is 0.123 e. The molecular weight excluding hydrogens is 184 g/mol. The van der Waals surface area contributed by atoms with Crippen molar-refractivity contribution in [2.45, 2.75) is 20.0 Å². The van der Waals surface area contributed by atoms with E-state index in [9.17, 15) is 0 Å². The predicted octanol–water partition coefficient (Wildman–Crippen LogP) is 1.75. The molecule has 0 spiro atoms. The molecule has 0 amide bonds. The number of rotatable bonds is 5. The van der Waals surface area contributed by atoms with Crippen LogP contribution in [0, 0.1) is 6.92 Å². The van der Waals surface area contributed by atoms with Gasteiger partial charge in [0.1, 0.15) is 11.1 Å². The molecule has 1 atom stereocenters. The number of ether oxygens (including phenoxy) is 1.